The number of aromatic nitrogens is 1. The molecular formula is C17H26N2O4S2. The summed E-state index contributed by atoms with van der Waals surface area (Å²) in [6.07, 6.45) is 1.73. The van der Waals surface area contributed by atoms with Crippen LogP contribution in [0.25, 0.3) is 0 Å². The van der Waals surface area contributed by atoms with Crippen LogP contribution in [0.15, 0.2) is 11.0 Å². The normalized spacial score (nSPS) is 22.1. The minimum absolute atomic E-state index is 0.00227. The van der Waals surface area contributed by atoms with E-state index in [1.807, 2.05) is 13.8 Å². The van der Waals surface area contributed by atoms with E-state index in [9.17, 15) is 19.8 Å². The first-order chi connectivity index (χ1) is 11.7. The van der Waals surface area contributed by atoms with E-state index in [0.29, 0.717) is 17.7 Å². The van der Waals surface area contributed by atoms with Gasteiger partial charge in [0.1, 0.15) is 0 Å². The first kappa shape index (κ1) is 20.0. The molecule has 4 unspecified atom stereocenters. The zero-order valence-corrected chi connectivity index (χ0v) is 16.7. The third kappa shape index (κ3) is 3.95. The quantitative estimate of drug-likeness (QED) is 0.398. The van der Waals surface area contributed by atoms with Gasteiger partial charge in [0, 0.05) is 43.0 Å². The van der Waals surface area contributed by atoms with Crippen molar-refractivity contribution in [2.45, 2.75) is 48.5 Å². The fraction of sp³-hybridized carbons (Fsp3) is 0.647. The summed E-state index contributed by atoms with van der Waals surface area (Å²) >= 11 is 6.20. The molecule has 2 rings (SSSR count). The Bertz CT molecular complexity index is 661. The number of piperidine rings is 1. The number of likely N-dealkylation sites (tertiary alicyclic amines) is 1. The second-order valence-corrected chi connectivity index (χ2v) is 8.59. The number of hydrogen-bond acceptors (Lipinski definition) is 6. The predicted molar refractivity (Wildman–Crippen MR) is 101 cm³/mol. The SMILES string of the molecule is CCC(C1CCC(=O)N(C)C1=O)C(S)C(C)Sc1cc(O)n(C)c1O. The van der Waals surface area contributed by atoms with Gasteiger partial charge in [-0.3, -0.25) is 19.1 Å². The second-order valence-electron chi connectivity index (χ2n) is 6.57. The molecule has 1 aliphatic heterocycles. The van der Waals surface area contributed by atoms with E-state index in [4.69, 9.17) is 12.6 Å². The van der Waals surface area contributed by atoms with Crippen LogP contribution >= 0.6 is 24.4 Å². The molecule has 2 N–H and O–H groups in total. The van der Waals surface area contributed by atoms with Crippen molar-refractivity contribution >= 4 is 36.2 Å². The molecule has 4 atom stereocenters. The number of thioether (sulfide) groups is 1. The standard InChI is InChI=1S/C17H26N2O4S2/c1-5-10(11-6-7-13(20)18(3)16(11)22)15(24)9(2)25-12-8-14(21)19(4)17(12)23/h8-11,15,21,23-24H,5-7H2,1-4H3. The van der Waals surface area contributed by atoms with Crippen molar-refractivity contribution in [1.29, 1.82) is 0 Å². The van der Waals surface area contributed by atoms with E-state index in [-0.39, 0.29) is 45.9 Å². The lowest BCUT2D eigenvalue weighted by atomic mass is 9.80. The number of imide groups is 1. The molecule has 0 saturated carbocycles. The average molecular weight is 387 g/mol. The van der Waals surface area contributed by atoms with Crippen LogP contribution in [-0.2, 0) is 16.6 Å². The maximum atomic E-state index is 12.5. The Labute approximate surface area is 158 Å². The van der Waals surface area contributed by atoms with E-state index < -0.39 is 0 Å². The van der Waals surface area contributed by atoms with Gasteiger partial charge in [0.25, 0.3) is 0 Å². The van der Waals surface area contributed by atoms with Gasteiger partial charge in [-0.2, -0.15) is 12.6 Å². The van der Waals surface area contributed by atoms with Crippen molar-refractivity contribution < 1.29 is 19.8 Å². The maximum Gasteiger partial charge on any atom is 0.232 e. The summed E-state index contributed by atoms with van der Waals surface area (Å²) in [5.41, 5.74) is 0. The Balaban J connectivity index is 2.12. The molecule has 6 nitrogen and oxygen atoms in total. The van der Waals surface area contributed by atoms with Crippen LogP contribution < -0.4 is 0 Å². The van der Waals surface area contributed by atoms with Crippen LogP contribution in [0, 0.1) is 11.8 Å². The molecule has 1 aromatic rings. The van der Waals surface area contributed by atoms with Gasteiger partial charge in [0.2, 0.25) is 17.7 Å². The Kier molecular flexibility index (Phi) is 6.37. The van der Waals surface area contributed by atoms with E-state index in [1.54, 1.807) is 14.1 Å². The summed E-state index contributed by atoms with van der Waals surface area (Å²) in [5, 5.41) is 19.7. The Morgan fingerprint density at radius 2 is 2.00 bits per heavy atom. The smallest absolute Gasteiger partial charge is 0.232 e. The molecule has 2 heterocycles. The van der Waals surface area contributed by atoms with Crippen LogP contribution in [0.1, 0.15) is 33.1 Å². The number of amides is 2. The first-order valence-electron chi connectivity index (χ1n) is 8.41. The molecule has 140 valence electrons. The van der Waals surface area contributed by atoms with E-state index in [1.165, 1.54) is 27.3 Å². The summed E-state index contributed by atoms with van der Waals surface area (Å²) in [7, 11) is 3.12. The number of thiol groups is 1. The molecule has 0 aromatic carbocycles. The molecule has 0 radical (unpaired) electrons. The Hall–Kier alpha value is -1.28. The molecule has 1 fully saturated rings. The number of rotatable bonds is 6. The topological polar surface area (TPSA) is 82.8 Å². The van der Waals surface area contributed by atoms with Crippen molar-refractivity contribution in [3.05, 3.63) is 6.07 Å². The molecule has 8 heteroatoms. The van der Waals surface area contributed by atoms with Crippen LogP contribution in [0.5, 0.6) is 11.8 Å². The van der Waals surface area contributed by atoms with Gasteiger partial charge in [-0.15, -0.1) is 11.8 Å². The minimum Gasteiger partial charge on any atom is -0.494 e. The summed E-state index contributed by atoms with van der Waals surface area (Å²) in [5.74, 6) is -0.414. The van der Waals surface area contributed by atoms with Gasteiger partial charge in [0.15, 0.2) is 5.88 Å². The monoisotopic (exact) mass is 386 g/mol. The van der Waals surface area contributed by atoms with Gasteiger partial charge < -0.3 is 10.2 Å². The maximum absolute atomic E-state index is 12.5. The highest BCUT2D eigenvalue weighted by molar-refractivity contribution is 8.00. The van der Waals surface area contributed by atoms with Gasteiger partial charge in [-0.05, 0) is 12.3 Å². The molecule has 2 amide bonds. The van der Waals surface area contributed by atoms with Gasteiger partial charge in [-0.25, -0.2) is 0 Å². The van der Waals surface area contributed by atoms with Crippen molar-refractivity contribution in [3.63, 3.8) is 0 Å². The van der Waals surface area contributed by atoms with Gasteiger partial charge in [0.05, 0.1) is 4.90 Å². The highest BCUT2D eigenvalue weighted by Crippen LogP contribution is 2.42. The molecule has 0 bridgehead atoms. The summed E-state index contributed by atoms with van der Waals surface area (Å²) < 4.78 is 1.31. The van der Waals surface area contributed by atoms with E-state index in [2.05, 4.69) is 0 Å². The zero-order valence-electron chi connectivity index (χ0n) is 15.0. The lowest BCUT2D eigenvalue weighted by Crippen LogP contribution is -2.47. The van der Waals surface area contributed by atoms with Crippen LogP contribution in [0.3, 0.4) is 0 Å². The van der Waals surface area contributed by atoms with Crippen molar-refractivity contribution in [3.8, 4) is 11.8 Å². The molecule has 0 aliphatic carbocycles. The first-order valence-corrected chi connectivity index (χ1v) is 9.81. The molecule has 1 aliphatic rings. The van der Waals surface area contributed by atoms with Crippen molar-refractivity contribution in [1.82, 2.24) is 9.47 Å². The minimum atomic E-state index is -0.212. The number of carbonyl (C=O) groups excluding carboxylic acids is 2. The fourth-order valence-corrected chi connectivity index (χ4v) is 5.12. The third-order valence-electron chi connectivity index (χ3n) is 5.05. The fourth-order valence-electron chi connectivity index (χ4n) is 3.36. The molecule has 25 heavy (non-hydrogen) atoms. The largest absolute Gasteiger partial charge is 0.494 e. The molecule has 1 aromatic heterocycles. The van der Waals surface area contributed by atoms with Gasteiger partial charge in [-0.1, -0.05) is 20.3 Å². The lowest BCUT2D eigenvalue weighted by Gasteiger charge is -2.37. The third-order valence-corrected chi connectivity index (χ3v) is 7.30. The zero-order chi connectivity index (χ0) is 18.9. The molecule has 0 spiro atoms. The highest BCUT2D eigenvalue weighted by atomic mass is 32.2. The van der Waals surface area contributed by atoms with Gasteiger partial charge >= 0.3 is 0 Å². The highest BCUT2D eigenvalue weighted by Gasteiger charge is 2.40. The summed E-state index contributed by atoms with van der Waals surface area (Å²) in [6.45, 7) is 4.03. The number of carbonyl (C=O) groups is 2. The van der Waals surface area contributed by atoms with Crippen molar-refractivity contribution in [2.24, 2.45) is 18.9 Å². The van der Waals surface area contributed by atoms with Crippen LogP contribution in [-0.4, -0.2) is 49.0 Å². The molecule has 1 saturated heterocycles. The Morgan fingerprint density at radius 3 is 2.52 bits per heavy atom. The Morgan fingerprint density at radius 1 is 1.36 bits per heavy atom. The summed E-state index contributed by atoms with van der Waals surface area (Å²) in [6, 6.07) is 1.52. The average Bonchev–Trinajstić information content (AvgIpc) is 2.82. The number of hydrogen-bond donors (Lipinski definition) is 3. The molecular weight excluding hydrogens is 360 g/mol. The summed E-state index contributed by atoms with van der Waals surface area (Å²) in [4.78, 5) is 26.0. The number of nitrogens with zero attached hydrogens (tertiary/aromatic N) is 2. The van der Waals surface area contributed by atoms with Crippen LogP contribution in [0.2, 0.25) is 0 Å². The van der Waals surface area contributed by atoms with E-state index in [0.717, 1.165) is 6.42 Å². The van der Waals surface area contributed by atoms with Crippen molar-refractivity contribution in [2.75, 3.05) is 7.05 Å². The predicted octanol–water partition coefficient (Wildman–Crippen LogP) is 2.64. The van der Waals surface area contributed by atoms with E-state index >= 15 is 0 Å². The lowest BCUT2D eigenvalue weighted by molar-refractivity contribution is -0.151. The second kappa shape index (κ2) is 7.95. The number of aromatic hydroxyl groups is 2. The van der Waals surface area contributed by atoms with Crippen LogP contribution in [0.4, 0.5) is 0 Å².